The zero-order chi connectivity index (χ0) is 13.7. The molecule has 1 aliphatic rings. The van der Waals surface area contributed by atoms with E-state index >= 15 is 0 Å². The lowest BCUT2D eigenvalue weighted by molar-refractivity contribution is 0.165. The third-order valence-corrected chi connectivity index (χ3v) is 7.02. The fraction of sp³-hybridized carbons (Fsp3) is 0.714. The summed E-state index contributed by atoms with van der Waals surface area (Å²) in [5.74, 6) is 0. The van der Waals surface area contributed by atoms with Crippen LogP contribution < -0.4 is 5.32 Å². The minimum Gasteiger partial charge on any atom is -0.314 e. The van der Waals surface area contributed by atoms with E-state index in [9.17, 15) is 0 Å². The van der Waals surface area contributed by atoms with Gasteiger partial charge in [-0.15, -0.1) is 11.3 Å². The minimum atomic E-state index is 0.598. The molecule has 0 amide bonds. The van der Waals surface area contributed by atoms with Crippen LogP contribution in [0.15, 0.2) is 14.3 Å². The highest BCUT2D eigenvalue weighted by Gasteiger charge is 2.23. The first-order valence-electron chi connectivity index (χ1n) is 7.12. The second-order valence-corrected chi connectivity index (χ2v) is 8.32. The van der Waals surface area contributed by atoms with Gasteiger partial charge in [0.2, 0.25) is 0 Å². The van der Waals surface area contributed by atoms with Gasteiger partial charge in [-0.1, -0.05) is 26.2 Å². The van der Waals surface area contributed by atoms with Crippen molar-refractivity contribution < 1.29 is 0 Å². The molecule has 2 heterocycles. The molecule has 5 heteroatoms. The van der Waals surface area contributed by atoms with E-state index < -0.39 is 0 Å². The summed E-state index contributed by atoms with van der Waals surface area (Å²) in [5.41, 5.74) is 0. The van der Waals surface area contributed by atoms with Gasteiger partial charge in [0.25, 0.3) is 0 Å². The number of thiophene rings is 1. The second kappa shape index (κ2) is 8.13. The molecular weight excluding hydrogens is 388 g/mol. The molecule has 0 unspecified atom stereocenters. The van der Waals surface area contributed by atoms with Crippen molar-refractivity contribution in [3.63, 3.8) is 0 Å². The van der Waals surface area contributed by atoms with Crippen molar-refractivity contribution in [2.75, 3.05) is 26.2 Å². The molecule has 0 saturated carbocycles. The lowest BCUT2D eigenvalue weighted by Gasteiger charge is -2.34. The van der Waals surface area contributed by atoms with E-state index in [2.05, 4.69) is 55.1 Å². The largest absolute Gasteiger partial charge is 0.314 e. The molecule has 0 aliphatic carbocycles. The fourth-order valence-corrected chi connectivity index (χ4v) is 4.87. The number of nitrogens with one attached hydrogen (secondary N) is 1. The van der Waals surface area contributed by atoms with Crippen molar-refractivity contribution in [3.05, 3.63) is 19.2 Å². The van der Waals surface area contributed by atoms with Gasteiger partial charge in [-0.05, 0) is 44.3 Å². The molecule has 1 atom stereocenters. The van der Waals surface area contributed by atoms with Crippen molar-refractivity contribution in [3.8, 4) is 0 Å². The summed E-state index contributed by atoms with van der Waals surface area (Å²) in [6.07, 6.45) is 5.26. The number of hydrogen-bond donors (Lipinski definition) is 1. The Kier molecular flexibility index (Phi) is 6.83. The number of nitrogens with zero attached hydrogens (tertiary/aromatic N) is 1. The fourth-order valence-electron chi connectivity index (χ4n) is 2.61. The second-order valence-electron chi connectivity index (χ2n) is 5.07. The summed E-state index contributed by atoms with van der Waals surface area (Å²) >= 11 is 9.14. The lowest BCUT2D eigenvalue weighted by atomic mass is 10.0. The van der Waals surface area contributed by atoms with Crippen LogP contribution in [0.4, 0.5) is 0 Å². The molecule has 19 heavy (non-hydrogen) atoms. The van der Waals surface area contributed by atoms with Crippen molar-refractivity contribution >= 4 is 43.2 Å². The third-order valence-electron chi connectivity index (χ3n) is 3.67. The summed E-state index contributed by atoms with van der Waals surface area (Å²) in [6, 6.07) is 2.90. The van der Waals surface area contributed by atoms with Gasteiger partial charge in [-0.2, -0.15) is 0 Å². The van der Waals surface area contributed by atoms with Crippen LogP contribution in [0.1, 0.15) is 43.5 Å². The molecule has 0 radical (unpaired) electrons. The average molecular weight is 410 g/mol. The van der Waals surface area contributed by atoms with E-state index in [1.54, 1.807) is 0 Å². The minimum absolute atomic E-state index is 0.598. The molecule has 1 N–H and O–H groups in total. The van der Waals surface area contributed by atoms with E-state index in [1.807, 2.05) is 11.3 Å². The number of rotatable bonds is 6. The van der Waals surface area contributed by atoms with Gasteiger partial charge in [0.1, 0.15) is 0 Å². The Labute approximate surface area is 137 Å². The molecular formula is C14H22Br2N2S. The summed E-state index contributed by atoms with van der Waals surface area (Å²) in [5, 5.41) is 3.45. The van der Waals surface area contributed by atoms with Gasteiger partial charge in [-0.25, -0.2) is 0 Å². The van der Waals surface area contributed by atoms with Crippen molar-refractivity contribution in [2.45, 2.75) is 38.6 Å². The smallest absolute Gasteiger partial charge is 0.0843 e. The Bertz CT molecular complexity index is 369. The molecule has 1 aromatic rings. The first-order chi connectivity index (χ1) is 9.22. The van der Waals surface area contributed by atoms with Gasteiger partial charge in [0.15, 0.2) is 0 Å². The standard InChI is InChI=1S/C14H22Br2N2S/c1-2-3-4-5-12(18-8-6-17-7-9-18)13-10-11(15)14(16)19-13/h10,12,17H,2-9H2,1H3/t12-/m1/s1. The maximum absolute atomic E-state index is 3.63. The Morgan fingerprint density at radius 1 is 1.32 bits per heavy atom. The van der Waals surface area contributed by atoms with Crippen LogP contribution in [-0.4, -0.2) is 31.1 Å². The molecule has 1 fully saturated rings. The van der Waals surface area contributed by atoms with Crippen LogP contribution in [0.2, 0.25) is 0 Å². The topological polar surface area (TPSA) is 15.3 Å². The summed E-state index contributed by atoms with van der Waals surface area (Å²) in [6.45, 7) is 6.86. The molecule has 1 aliphatic heterocycles. The van der Waals surface area contributed by atoms with Crippen LogP contribution in [-0.2, 0) is 0 Å². The zero-order valence-corrected chi connectivity index (χ0v) is 15.4. The Morgan fingerprint density at radius 2 is 2.05 bits per heavy atom. The highest BCUT2D eigenvalue weighted by atomic mass is 79.9. The zero-order valence-electron chi connectivity index (χ0n) is 11.4. The van der Waals surface area contributed by atoms with Crippen LogP contribution in [0.3, 0.4) is 0 Å². The molecule has 108 valence electrons. The Morgan fingerprint density at radius 3 is 2.63 bits per heavy atom. The molecule has 0 aromatic carbocycles. The summed E-state index contributed by atoms with van der Waals surface area (Å²) < 4.78 is 2.42. The molecule has 1 aromatic heterocycles. The molecule has 0 bridgehead atoms. The molecule has 1 saturated heterocycles. The van der Waals surface area contributed by atoms with E-state index in [0.29, 0.717) is 6.04 Å². The SMILES string of the molecule is CCCCC[C@H](c1cc(Br)c(Br)s1)N1CCNCC1. The van der Waals surface area contributed by atoms with Crippen LogP contribution in [0.25, 0.3) is 0 Å². The van der Waals surface area contributed by atoms with Gasteiger partial charge in [0, 0.05) is 41.6 Å². The van der Waals surface area contributed by atoms with Crippen molar-refractivity contribution in [2.24, 2.45) is 0 Å². The third kappa shape index (κ3) is 4.53. The summed E-state index contributed by atoms with van der Waals surface area (Å²) in [7, 11) is 0. The Hall–Kier alpha value is 0.580. The number of halogens is 2. The predicted molar refractivity (Wildman–Crippen MR) is 91.0 cm³/mol. The predicted octanol–water partition coefficient (Wildman–Crippen LogP) is 4.80. The number of piperazine rings is 1. The first kappa shape index (κ1) is 16.0. The van der Waals surface area contributed by atoms with E-state index in [1.165, 1.54) is 51.9 Å². The highest BCUT2D eigenvalue weighted by Crippen LogP contribution is 2.39. The van der Waals surface area contributed by atoms with Crippen molar-refractivity contribution in [1.29, 1.82) is 0 Å². The molecule has 2 nitrogen and oxygen atoms in total. The van der Waals surface area contributed by atoms with E-state index in [4.69, 9.17) is 0 Å². The molecule has 2 rings (SSSR count). The Balaban J connectivity index is 2.07. The van der Waals surface area contributed by atoms with Crippen molar-refractivity contribution in [1.82, 2.24) is 10.2 Å². The van der Waals surface area contributed by atoms with Crippen LogP contribution >= 0.6 is 43.2 Å². The van der Waals surface area contributed by atoms with Gasteiger partial charge in [0.05, 0.1) is 3.79 Å². The quantitative estimate of drug-likeness (QED) is 0.678. The highest BCUT2D eigenvalue weighted by molar-refractivity contribution is 9.13. The van der Waals surface area contributed by atoms with Gasteiger partial charge >= 0.3 is 0 Å². The first-order valence-corrected chi connectivity index (χ1v) is 9.52. The monoisotopic (exact) mass is 408 g/mol. The number of unbranched alkanes of at least 4 members (excludes halogenated alkanes) is 2. The van der Waals surface area contributed by atoms with E-state index in [-0.39, 0.29) is 0 Å². The van der Waals surface area contributed by atoms with Gasteiger partial charge in [-0.3, -0.25) is 4.90 Å². The van der Waals surface area contributed by atoms with E-state index in [0.717, 1.165) is 13.1 Å². The maximum Gasteiger partial charge on any atom is 0.0843 e. The van der Waals surface area contributed by atoms with Crippen LogP contribution in [0, 0.1) is 0 Å². The summed E-state index contributed by atoms with van der Waals surface area (Å²) in [4.78, 5) is 4.15. The maximum atomic E-state index is 3.63. The lowest BCUT2D eigenvalue weighted by Crippen LogP contribution is -2.45. The van der Waals surface area contributed by atoms with Crippen LogP contribution in [0.5, 0.6) is 0 Å². The molecule has 0 spiro atoms. The average Bonchev–Trinajstić information content (AvgIpc) is 2.75. The van der Waals surface area contributed by atoms with Gasteiger partial charge < -0.3 is 5.32 Å². The number of hydrogen-bond acceptors (Lipinski definition) is 3. The normalized spacial score (nSPS) is 18.7.